The lowest BCUT2D eigenvalue weighted by atomic mass is 9.81. The van der Waals surface area contributed by atoms with Gasteiger partial charge >= 0.3 is 12.1 Å². The molecule has 1 aromatic rings. The fraction of sp³-hybridized carbons (Fsp3) is 0.640. The number of piperidine rings is 1. The van der Waals surface area contributed by atoms with Crippen LogP contribution in [0.15, 0.2) is 23.4 Å². The molecule has 5 heterocycles. The summed E-state index contributed by atoms with van der Waals surface area (Å²) in [5.74, 6) is -0.815. The minimum atomic E-state index is -4.50. The van der Waals surface area contributed by atoms with E-state index in [0.717, 1.165) is 31.7 Å². The molecule has 35 heavy (non-hydrogen) atoms. The molecule has 2 fully saturated rings. The van der Waals surface area contributed by atoms with Crippen molar-refractivity contribution in [2.45, 2.75) is 76.4 Å². The second kappa shape index (κ2) is 8.89. The summed E-state index contributed by atoms with van der Waals surface area (Å²) in [4.78, 5) is 34.2. The number of likely N-dealkylation sites (tertiary alicyclic amines) is 1. The zero-order valence-electron chi connectivity index (χ0n) is 20.0. The molecule has 1 aromatic heterocycles. The van der Waals surface area contributed by atoms with E-state index in [-0.39, 0.29) is 18.6 Å². The number of aromatic nitrogens is 1. The summed E-state index contributed by atoms with van der Waals surface area (Å²) in [6.45, 7) is 6.18. The van der Waals surface area contributed by atoms with Gasteiger partial charge < -0.3 is 14.4 Å². The van der Waals surface area contributed by atoms with Gasteiger partial charge in [-0.25, -0.2) is 4.79 Å². The van der Waals surface area contributed by atoms with Crippen molar-refractivity contribution < 1.29 is 32.2 Å². The Kier molecular flexibility index (Phi) is 6.15. The van der Waals surface area contributed by atoms with E-state index in [4.69, 9.17) is 9.47 Å². The summed E-state index contributed by atoms with van der Waals surface area (Å²) in [6, 6.07) is 1.48. The van der Waals surface area contributed by atoms with Gasteiger partial charge in [0.05, 0.1) is 17.2 Å². The molecule has 5 rings (SSSR count). The van der Waals surface area contributed by atoms with Crippen molar-refractivity contribution in [1.82, 2.24) is 14.8 Å². The molecule has 0 saturated carbocycles. The van der Waals surface area contributed by atoms with Crippen LogP contribution in [0.3, 0.4) is 0 Å². The molecule has 10 heteroatoms. The number of pyridine rings is 1. The third kappa shape index (κ3) is 4.46. The molecule has 4 aliphatic rings. The van der Waals surface area contributed by atoms with E-state index in [2.05, 4.69) is 16.8 Å². The maximum atomic E-state index is 13.7. The maximum absolute atomic E-state index is 13.7. The van der Waals surface area contributed by atoms with Crippen molar-refractivity contribution in [2.75, 3.05) is 26.2 Å². The lowest BCUT2D eigenvalue weighted by Gasteiger charge is -2.44. The molecule has 0 aliphatic carbocycles. The van der Waals surface area contributed by atoms with Gasteiger partial charge in [-0.05, 0) is 38.3 Å². The summed E-state index contributed by atoms with van der Waals surface area (Å²) in [5.41, 5.74) is -0.174. The van der Waals surface area contributed by atoms with Crippen LogP contribution in [0.25, 0.3) is 0 Å². The van der Waals surface area contributed by atoms with Gasteiger partial charge in [0.1, 0.15) is 5.60 Å². The van der Waals surface area contributed by atoms with Crippen molar-refractivity contribution in [2.24, 2.45) is 0 Å². The first-order valence-electron chi connectivity index (χ1n) is 12.2. The summed E-state index contributed by atoms with van der Waals surface area (Å²) in [5, 5.41) is 0. The van der Waals surface area contributed by atoms with Gasteiger partial charge in [0.25, 0.3) is 5.91 Å². The van der Waals surface area contributed by atoms with Crippen molar-refractivity contribution >= 4 is 11.9 Å². The predicted octanol–water partition coefficient (Wildman–Crippen LogP) is 3.26. The van der Waals surface area contributed by atoms with Crippen molar-refractivity contribution in [3.63, 3.8) is 0 Å². The monoisotopic (exact) mass is 493 g/mol. The first-order chi connectivity index (χ1) is 16.6. The third-order valence-electron chi connectivity index (χ3n) is 7.87. The van der Waals surface area contributed by atoms with Crippen LogP contribution in [0.4, 0.5) is 13.2 Å². The Morgan fingerprint density at radius 2 is 1.97 bits per heavy atom. The van der Waals surface area contributed by atoms with Crippen LogP contribution < -0.4 is 0 Å². The number of hydrogen-bond acceptors (Lipinski definition) is 6. The molecule has 2 atom stereocenters. The number of amides is 1. The Labute approximate surface area is 202 Å². The molecule has 0 radical (unpaired) electrons. The van der Waals surface area contributed by atoms with Crippen molar-refractivity contribution in [3.05, 3.63) is 40.2 Å². The van der Waals surface area contributed by atoms with Crippen molar-refractivity contribution in [1.29, 1.82) is 0 Å². The second-order valence-electron chi connectivity index (χ2n) is 10.1. The molecular formula is C25H30F3N3O4. The molecule has 2 saturated heterocycles. The molecular weight excluding hydrogens is 463 g/mol. The van der Waals surface area contributed by atoms with E-state index >= 15 is 0 Å². The lowest BCUT2D eigenvalue weighted by molar-refractivity contribution is -0.152. The van der Waals surface area contributed by atoms with E-state index in [1.54, 1.807) is 6.92 Å². The lowest BCUT2D eigenvalue weighted by Crippen LogP contribution is -2.53. The minimum absolute atomic E-state index is 0.0260. The van der Waals surface area contributed by atoms with E-state index in [1.165, 1.54) is 4.90 Å². The number of rotatable bonds is 2. The number of fused-ring (bicyclic) bond motifs is 1. The maximum Gasteiger partial charge on any atom is 0.417 e. The van der Waals surface area contributed by atoms with Gasteiger partial charge in [-0.1, -0.05) is 0 Å². The smallest absolute Gasteiger partial charge is 0.417 e. The fourth-order valence-electron chi connectivity index (χ4n) is 5.93. The van der Waals surface area contributed by atoms with Crippen LogP contribution in [0.1, 0.15) is 56.4 Å². The summed E-state index contributed by atoms with van der Waals surface area (Å²) < 4.78 is 51.1. The number of ether oxygens (including phenoxy) is 2. The highest BCUT2D eigenvalue weighted by Crippen LogP contribution is 2.43. The minimum Gasteiger partial charge on any atom is -0.450 e. The molecule has 0 aromatic carbocycles. The van der Waals surface area contributed by atoms with Gasteiger partial charge in [0.2, 0.25) is 0 Å². The third-order valence-corrected chi connectivity index (χ3v) is 7.87. The highest BCUT2D eigenvalue weighted by atomic mass is 19.4. The summed E-state index contributed by atoms with van der Waals surface area (Å²) >= 11 is 0. The number of carbonyl (C=O) groups is 2. The Balaban J connectivity index is 1.34. The average molecular weight is 494 g/mol. The number of alkyl halides is 3. The van der Waals surface area contributed by atoms with Crippen LogP contribution in [-0.4, -0.2) is 70.6 Å². The van der Waals surface area contributed by atoms with Crippen LogP contribution in [0.2, 0.25) is 0 Å². The normalized spacial score (nSPS) is 27.2. The SMILES string of the molecule is CC1=C(C(=O)N2CCc3ncc(C(F)(F)F)cc3C2)C2(CCN(C3CCOC(C)C3)CC2)OC1=O. The highest BCUT2D eigenvalue weighted by Gasteiger charge is 2.52. The molecule has 7 nitrogen and oxygen atoms in total. The van der Waals surface area contributed by atoms with E-state index in [0.29, 0.717) is 67.3 Å². The van der Waals surface area contributed by atoms with Gasteiger partial charge in [0, 0.05) is 75.6 Å². The number of esters is 1. The number of nitrogens with zero attached hydrogens (tertiary/aromatic N) is 3. The standard InChI is InChI=1S/C25H30F3N3O4/c1-15-11-19(4-10-34-15)30-8-5-24(6-9-30)21(16(2)23(33)35-24)22(32)31-7-3-20-17(14-31)12-18(13-29-20)25(26,27)28/h12-13,15,19H,3-11,14H2,1-2H3. The molecule has 0 N–H and O–H groups in total. The zero-order valence-corrected chi connectivity index (χ0v) is 20.0. The topological polar surface area (TPSA) is 72.0 Å². The number of carbonyl (C=O) groups excluding carboxylic acids is 2. The van der Waals surface area contributed by atoms with E-state index in [1.807, 2.05) is 0 Å². The summed E-state index contributed by atoms with van der Waals surface area (Å²) in [6.07, 6.45) is -0.132. The van der Waals surface area contributed by atoms with Gasteiger partial charge in [-0.2, -0.15) is 13.2 Å². The van der Waals surface area contributed by atoms with E-state index < -0.39 is 23.3 Å². The van der Waals surface area contributed by atoms with Gasteiger partial charge in [0.15, 0.2) is 0 Å². The Morgan fingerprint density at radius 3 is 2.66 bits per heavy atom. The molecule has 0 bridgehead atoms. The Morgan fingerprint density at radius 1 is 1.23 bits per heavy atom. The Bertz CT molecular complexity index is 1060. The average Bonchev–Trinajstić information content (AvgIpc) is 3.06. The molecule has 2 unspecified atom stereocenters. The quantitative estimate of drug-likeness (QED) is 0.589. The molecule has 1 spiro atoms. The van der Waals surface area contributed by atoms with Gasteiger partial charge in [-0.3, -0.25) is 14.7 Å². The van der Waals surface area contributed by atoms with Crippen LogP contribution in [0, 0.1) is 0 Å². The van der Waals surface area contributed by atoms with Crippen LogP contribution >= 0.6 is 0 Å². The first-order valence-corrected chi connectivity index (χ1v) is 12.2. The highest BCUT2D eigenvalue weighted by molar-refractivity contribution is 6.07. The number of halogens is 3. The predicted molar refractivity (Wildman–Crippen MR) is 119 cm³/mol. The Hall–Kier alpha value is -2.46. The molecule has 1 amide bonds. The summed E-state index contributed by atoms with van der Waals surface area (Å²) in [7, 11) is 0. The second-order valence-corrected chi connectivity index (χ2v) is 10.1. The largest absolute Gasteiger partial charge is 0.450 e. The van der Waals surface area contributed by atoms with Crippen LogP contribution in [0.5, 0.6) is 0 Å². The zero-order chi connectivity index (χ0) is 25.0. The van der Waals surface area contributed by atoms with Crippen LogP contribution in [-0.2, 0) is 38.2 Å². The molecule has 4 aliphatic heterocycles. The van der Waals surface area contributed by atoms with Gasteiger partial charge in [-0.15, -0.1) is 0 Å². The molecule has 190 valence electrons. The van der Waals surface area contributed by atoms with Crippen molar-refractivity contribution in [3.8, 4) is 0 Å². The van der Waals surface area contributed by atoms with E-state index in [9.17, 15) is 22.8 Å². The number of hydrogen-bond donors (Lipinski definition) is 0. The fourth-order valence-corrected chi connectivity index (χ4v) is 5.93. The first kappa shape index (κ1) is 24.2.